The summed E-state index contributed by atoms with van der Waals surface area (Å²) < 4.78 is 0. The summed E-state index contributed by atoms with van der Waals surface area (Å²) in [5, 5.41) is 17.6. The molecule has 0 aromatic carbocycles. The quantitative estimate of drug-likeness (QED) is 0.653. The number of carbonyl (C=O) groups is 2. The molecule has 0 aromatic rings. The Balaban J connectivity index is 4.69. The van der Waals surface area contributed by atoms with Gasteiger partial charge in [0, 0.05) is 0 Å². The van der Waals surface area contributed by atoms with Gasteiger partial charge in [0.25, 0.3) is 0 Å². The molecule has 0 radical (unpaired) electrons. The fraction of sp³-hybridized carbons (Fsp3) is 0.818. The molecule has 0 fully saturated rings. The predicted octanol–water partition coefficient (Wildman–Crippen LogP) is 2.52. The number of aliphatic carboxylic acids is 2. The van der Waals surface area contributed by atoms with Crippen molar-refractivity contribution in [2.75, 3.05) is 0 Å². The van der Waals surface area contributed by atoms with Crippen LogP contribution in [-0.2, 0) is 9.59 Å². The number of rotatable bonds is 8. The van der Waals surface area contributed by atoms with Crippen LogP contribution >= 0.6 is 0 Å². The number of carboxylic acid groups (broad SMARTS) is 2. The first-order valence-electron chi connectivity index (χ1n) is 5.39. The van der Waals surface area contributed by atoms with Crippen LogP contribution in [0, 0.1) is 5.41 Å². The van der Waals surface area contributed by atoms with E-state index >= 15 is 0 Å². The van der Waals surface area contributed by atoms with Gasteiger partial charge in [-0.05, 0) is 18.3 Å². The molecule has 0 saturated carbocycles. The van der Waals surface area contributed by atoms with Crippen LogP contribution in [0.15, 0.2) is 0 Å². The van der Waals surface area contributed by atoms with Crippen LogP contribution in [0.1, 0.15) is 52.4 Å². The molecule has 15 heavy (non-hydrogen) atoms. The minimum atomic E-state index is -0.904. The Hall–Kier alpha value is -1.06. The normalized spacial score (nSPS) is 11.3. The summed E-state index contributed by atoms with van der Waals surface area (Å²) >= 11 is 0. The first-order valence-corrected chi connectivity index (χ1v) is 5.39. The topological polar surface area (TPSA) is 74.6 Å². The maximum absolute atomic E-state index is 10.8. The van der Waals surface area contributed by atoms with E-state index in [4.69, 9.17) is 10.2 Å². The molecule has 0 saturated heterocycles. The minimum absolute atomic E-state index is 0.0407. The lowest BCUT2D eigenvalue weighted by Crippen LogP contribution is -2.27. The summed E-state index contributed by atoms with van der Waals surface area (Å²) in [6.07, 6.45) is 2.89. The van der Waals surface area contributed by atoms with Crippen molar-refractivity contribution in [1.29, 1.82) is 0 Å². The summed E-state index contributed by atoms with van der Waals surface area (Å²) in [5.74, 6) is -1.81. The van der Waals surface area contributed by atoms with Gasteiger partial charge in [-0.3, -0.25) is 9.59 Å². The van der Waals surface area contributed by atoms with Crippen LogP contribution in [-0.4, -0.2) is 22.2 Å². The molecule has 0 unspecified atom stereocenters. The van der Waals surface area contributed by atoms with E-state index in [1.807, 2.05) is 13.8 Å². The molecule has 0 spiro atoms. The second kappa shape index (κ2) is 6.43. The molecule has 4 nitrogen and oxygen atoms in total. The molecular formula is C11H20O4. The maximum Gasteiger partial charge on any atom is 0.303 e. The molecular weight excluding hydrogens is 196 g/mol. The third-order valence-corrected chi connectivity index (χ3v) is 2.61. The second-order valence-corrected chi connectivity index (χ2v) is 4.14. The van der Waals surface area contributed by atoms with E-state index in [1.165, 1.54) is 0 Å². The van der Waals surface area contributed by atoms with E-state index < -0.39 is 17.4 Å². The molecule has 0 aliphatic heterocycles. The first kappa shape index (κ1) is 13.9. The third kappa shape index (κ3) is 5.40. The van der Waals surface area contributed by atoms with Crippen molar-refractivity contribution in [3.63, 3.8) is 0 Å². The van der Waals surface area contributed by atoms with Gasteiger partial charge in [-0.2, -0.15) is 0 Å². The van der Waals surface area contributed by atoms with E-state index in [2.05, 4.69) is 0 Å². The molecule has 4 heteroatoms. The Morgan fingerprint density at radius 1 is 0.933 bits per heavy atom. The summed E-state index contributed by atoms with van der Waals surface area (Å²) in [7, 11) is 0. The molecule has 2 N–H and O–H groups in total. The average Bonchev–Trinajstić information content (AvgIpc) is 2.01. The van der Waals surface area contributed by atoms with E-state index in [1.54, 1.807) is 0 Å². The number of hydrogen-bond acceptors (Lipinski definition) is 2. The molecule has 88 valence electrons. The van der Waals surface area contributed by atoms with Crippen LogP contribution in [0.5, 0.6) is 0 Å². The summed E-state index contributed by atoms with van der Waals surface area (Å²) in [4.78, 5) is 21.5. The lowest BCUT2D eigenvalue weighted by atomic mass is 9.74. The predicted molar refractivity (Wildman–Crippen MR) is 56.8 cm³/mol. The Labute approximate surface area is 90.3 Å². The molecule has 0 rings (SSSR count). The Morgan fingerprint density at radius 2 is 1.27 bits per heavy atom. The zero-order valence-corrected chi connectivity index (χ0v) is 9.45. The van der Waals surface area contributed by atoms with E-state index in [0.29, 0.717) is 12.8 Å². The van der Waals surface area contributed by atoms with E-state index in [0.717, 1.165) is 12.8 Å². The molecule has 0 aromatic heterocycles. The van der Waals surface area contributed by atoms with Gasteiger partial charge in [-0.25, -0.2) is 0 Å². The van der Waals surface area contributed by atoms with Crippen LogP contribution in [0.4, 0.5) is 0 Å². The van der Waals surface area contributed by atoms with Crippen LogP contribution in [0.25, 0.3) is 0 Å². The summed E-state index contributed by atoms with van der Waals surface area (Å²) in [6.45, 7) is 3.90. The molecule has 0 heterocycles. The van der Waals surface area contributed by atoms with Crippen LogP contribution < -0.4 is 0 Å². The summed E-state index contributed by atoms with van der Waals surface area (Å²) in [5.41, 5.74) is -0.554. The highest BCUT2D eigenvalue weighted by Gasteiger charge is 2.33. The molecule has 0 bridgehead atoms. The summed E-state index contributed by atoms with van der Waals surface area (Å²) in [6, 6.07) is 0. The van der Waals surface area contributed by atoms with Crippen molar-refractivity contribution >= 4 is 11.9 Å². The highest BCUT2D eigenvalue weighted by atomic mass is 16.4. The van der Waals surface area contributed by atoms with Gasteiger partial charge in [0.05, 0.1) is 12.8 Å². The minimum Gasteiger partial charge on any atom is -0.481 e. The highest BCUT2D eigenvalue weighted by molar-refractivity contribution is 5.71. The molecule has 0 amide bonds. The fourth-order valence-electron chi connectivity index (χ4n) is 2.24. The van der Waals surface area contributed by atoms with Gasteiger partial charge in [-0.1, -0.05) is 26.7 Å². The number of carboxylic acids is 2. The van der Waals surface area contributed by atoms with Crippen molar-refractivity contribution < 1.29 is 19.8 Å². The maximum atomic E-state index is 10.8. The molecule has 0 aliphatic carbocycles. The van der Waals surface area contributed by atoms with Crippen molar-refractivity contribution in [2.45, 2.75) is 52.4 Å². The fourth-order valence-corrected chi connectivity index (χ4v) is 2.24. The lowest BCUT2D eigenvalue weighted by molar-refractivity contribution is -0.144. The Morgan fingerprint density at radius 3 is 1.47 bits per heavy atom. The molecule has 0 atom stereocenters. The highest BCUT2D eigenvalue weighted by Crippen LogP contribution is 2.37. The van der Waals surface area contributed by atoms with Crippen molar-refractivity contribution in [1.82, 2.24) is 0 Å². The van der Waals surface area contributed by atoms with Crippen molar-refractivity contribution in [3.05, 3.63) is 0 Å². The zero-order valence-electron chi connectivity index (χ0n) is 9.45. The zero-order chi connectivity index (χ0) is 11.9. The van der Waals surface area contributed by atoms with Crippen molar-refractivity contribution in [3.8, 4) is 0 Å². The lowest BCUT2D eigenvalue weighted by Gasteiger charge is -2.30. The Kier molecular flexibility index (Phi) is 5.97. The van der Waals surface area contributed by atoms with Crippen LogP contribution in [0.3, 0.4) is 0 Å². The SMILES string of the molecule is CCCC(CCC)(CC(=O)O)CC(=O)O. The van der Waals surface area contributed by atoms with E-state index in [9.17, 15) is 9.59 Å². The smallest absolute Gasteiger partial charge is 0.303 e. The van der Waals surface area contributed by atoms with Gasteiger partial charge in [0.1, 0.15) is 0 Å². The third-order valence-electron chi connectivity index (χ3n) is 2.61. The monoisotopic (exact) mass is 216 g/mol. The van der Waals surface area contributed by atoms with Crippen molar-refractivity contribution in [2.24, 2.45) is 5.41 Å². The van der Waals surface area contributed by atoms with Gasteiger partial charge < -0.3 is 10.2 Å². The van der Waals surface area contributed by atoms with Gasteiger partial charge in [0.15, 0.2) is 0 Å². The van der Waals surface area contributed by atoms with E-state index in [-0.39, 0.29) is 12.8 Å². The van der Waals surface area contributed by atoms with Crippen LogP contribution in [0.2, 0.25) is 0 Å². The van der Waals surface area contributed by atoms with Gasteiger partial charge in [-0.15, -0.1) is 0 Å². The average molecular weight is 216 g/mol. The van der Waals surface area contributed by atoms with Gasteiger partial charge in [0.2, 0.25) is 0 Å². The number of hydrogen-bond donors (Lipinski definition) is 2. The second-order valence-electron chi connectivity index (χ2n) is 4.14. The first-order chi connectivity index (χ1) is 6.95. The standard InChI is InChI=1S/C11H20O4/c1-3-5-11(6-4-2,7-9(12)13)8-10(14)15/h3-8H2,1-2H3,(H,12,13)(H,14,15). The Bertz CT molecular complexity index is 199. The largest absolute Gasteiger partial charge is 0.481 e. The van der Waals surface area contributed by atoms with Gasteiger partial charge >= 0.3 is 11.9 Å². The molecule has 0 aliphatic rings.